The zero-order chi connectivity index (χ0) is 18.5. The van der Waals surface area contributed by atoms with Crippen molar-refractivity contribution in [2.45, 2.75) is 18.9 Å². The van der Waals surface area contributed by atoms with Crippen molar-refractivity contribution in [2.75, 3.05) is 18.6 Å². The van der Waals surface area contributed by atoms with Gasteiger partial charge in [-0.3, -0.25) is 4.79 Å². The monoisotopic (exact) mass is 351 g/mol. The van der Waals surface area contributed by atoms with E-state index in [0.29, 0.717) is 6.61 Å². The van der Waals surface area contributed by atoms with Crippen LogP contribution in [0.5, 0.6) is 5.75 Å². The van der Waals surface area contributed by atoms with Gasteiger partial charge in [-0.15, -0.1) is 0 Å². The van der Waals surface area contributed by atoms with Crippen molar-refractivity contribution in [3.8, 4) is 5.75 Å². The van der Waals surface area contributed by atoms with Crippen LogP contribution in [0.2, 0.25) is 0 Å². The van der Waals surface area contributed by atoms with E-state index in [-0.39, 0.29) is 17.9 Å². The lowest BCUT2D eigenvalue weighted by molar-refractivity contribution is -0.137. The predicted molar refractivity (Wildman–Crippen MR) is 99.2 cm³/mol. The van der Waals surface area contributed by atoms with E-state index < -0.39 is 5.97 Å². The summed E-state index contributed by atoms with van der Waals surface area (Å²) in [5.41, 5.74) is 1.70. The first kappa shape index (κ1) is 17.7. The lowest BCUT2D eigenvalue weighted by Crippen LogP contribution is -2.58. The van der Waals surface area contributed by atoms with E-state index in [1.165, 1.54) is 6.08 Å². The second kappa shape index (κ2) is 7.87. The largest absolute Gasteiger partial charge is 0.497 e. The summed E-state index contributed by atoms with van der Waals surface area (Å²) in [5.74, 6) is -0.00265. The van der Waals surface area contributed by atoms with Crippen LogP contribution < -0.4 is 9.64 Å². The number of carbonyl (C=O) groups is 2. The molecule has 0 unspecified atom stereocenters. The van der Waals surface area contributed by atoms with Crippen molar-refractivity contribution in [3.05, 3.63) is 72.3 Å². The Labute approximate surface area is 152 Å². The second-order valence-corrected chi connectivity index (χ2v) is 5.90. The second-order valence-electron chi connectivity index (χ2n) is 5.90. The SMILES string of the molecule is CCOC(=O)/C=C/[C@H]1[C@@H](c2ccccc2)C(=O)N1c1ccc(OC)cc1. The van der Waals surface area contributed by atoms with E-state index in [9.17, 15) is 9.59 Å². The first-order valence-electron chi connectivity index (χ1n) is 8.52. The number of amides is 1. The summed E-state index contributed by atoms with van der Waals surface area (Å²) in [6.45, 7) is 2.08. The van der Waals surface area contributed by atoms with Gasteiger partial charge in [0, 0.05) is 11.8 Å². The van der Waals surface area contributed by atoms with Gasteiger partial charge in [-0.2, -0.15) is 0 Å². The Morgan fingerprint density at radius 1 is 1.12 bits per heavy atom. The van der Waals surface area contributed by atoms with E-state index in [4.69, 9.17) is 9.47 Å². The van der Waals surface area contributed by atoms with Gasteiger partial charge in [0.2, 0.25) is 5.91 Å². The van der Waals surface area contributed by atoms with Crippen molar-refractivity contribution in [3.63, 3.8) is 0 Å². The molecule has 134 valence electrons. The van der Waals surface area contributed by atoms with Gasteiger partial charge in [0.1, 0.15) is 5.75 Å². The number of β-lactam (4-membered cyclic amide) rings is 1. The number of benzene rings is 2. The van der Waals surface area contributed by atoms with Gasteiger partial charge in [0.15, 0.2) is 0 Å². The number of rotatable bonds is 6. The van der Waals surface area contributed by atoms with Crippen LogP contribution in [0.3, 0.4) is 0 Å². The third-order valence-electron chi connectivity index (χ3n) is 4.37. The highest BCUT2D eigenvalue weighted by molar-refractivity contribution is 6.07. The molecule has 1 amide bonds. The van der Waals surface area contributed by atoms with Crippen LogP contribution in [0, 0.1) is 0 Å². The highest BCUT2D eigenvalue weighted by atomic mass is 16.5. The summed E-state index contributed by atoms with van der Waals surface area (Å²) in [5, 5.41) is 0. The molecule has 5 nitrogen and oxygen atoms in total. The summed E-state index contributed by atoms with van der Waals surface area (Å²) in [4.78, 5) is 26.2. The maximum Gasteiger partial charge on any atom is 0.330 e. The fourth-order valence-electron chi connectivity index (χ4n) is 3.12. The molecule has 5 heteroatoms. The van der Waals surface area contributed by atoms with Crippen LogP contribution in [0.1, 0.15) is 18.4 Å². The van der Waals surface area contributed by atoms with Gasteiger partial charge >= 0.3 is 5.97 Å². The number of carbonyl (C=O) groups excluding carboxylic acids is 2. The highest BCUT2D eigenvalue weighted by Gasteiger charge is 2.47. The molecule has 3 rings (SSSR count). The lowest BCUT2D eigenvalue weighted by atomic mass is 9.80. The molecule has 2 atom stereocenters. The van der Waals surface area contributed by atoms with Crippen molar-refractivity contribution >= 4 is 17.6 Å². The minimum atomic E-state index is -0.409. The number of methoxy groups -OCH3 is 1. The number of nitrogens with zero attached hydrogens (tertiary/aromatic N) is 1. The minimum absolute atomic E-state index is 0.000115. The normalized spacial score (nSPS) is 19.3. The molecule has 0 aromatic heterocycles. The van der Waals surface area contributed by atoms with E-state index in [1.54, 1.807) is 25.0 Å². The third-order valence-corrected chi connectivity index (χ3v) is 4.37. The van der Waals surface area contributed by atoms with Crippen LogP contribution >= 0.6 is 0 Å². The van der Waals surface area contributed by atoms with Crippen molar-refractivity contribution in [1.29, 1.82) is 0 Å². The summed E-state index contributed by atoms with van der Waals surface area (Å²) in [7, 11) is 1.60. The smallest absolute Gasteiger partial charge is 0.330 e. The zero-order valence-electron chi connectivity index (χ0n) is 14.8. The molecule has 2 aromatic rings. The molecule has 2 aromatic carbocycles. The molecule has 1 saturated heterocycles. The average Bonchev–Trinajstić information content (AvgIpc) is 2.66. The van der Waals surface area contributed by atoms with Gasteiger partial charge in [-0.1, -0.05) is 36.4 Å². The molecule has 0 saturated carbocycles. The minimum Gasteiger partial charge on any atom is -0.497 e. The van der Waals surface area contributed by atoms with Crippen LogP contribution in [0.15, 0.2) is 66.7 Å². The Balaban J connectivity index is 1.89. The molecule has 26 heavy (non-hydrogen) atoms. The molecule has 0 radical (unpaired) electrons. The molecule has 1 aliphatic rings. The van der Waals surface area contributed by atoms with E-state index in [1.807, 2.05) is 54.6 Å². The van der Waals surface area contributed by atoms with Crippen LogP contribution in [-0.2, 0) is 14.3 Å². The maximum absolute atomic E-state index is 12.8. The number of ether oxygens (including phenoxy) is 2. The lowest BCUT2D eigenvalue weighted by Gasteiger charge is -2.46. The maximum atomic E-state index is 12.8. The first-order chi connectivity index (χ1) is 12.7. The average molecular weight is 351 g/mol. The van der Waals surface area contributed by atoms with Crippen LogP contribution in [-0.4, -0.2) is 31.6 Å². The Bertz CT molecular complexity index is 799. The van der Waals surface area contributed by atoms with E-state index in [2.05, 4.69) is 0 Å². The van der Waals surface area contributed by atoms with Crippen molar-refractivity contribution in [2.24, 2.45) is 0 Å². The van der Waals surface area contributed by atoms with Gasteiger partial charge in [0.25, 0.3) is 0 Å². The summed E-state index contributed by atoms with van der Waals surface area (Å²) in [6, 6.07) is 16.6. The molecule has 1 heterocycles. The standard InChI is InChI=1S/C21H21NO4/c1-3-26-19(23)14-13-18-20(15-7-5-4-6-8-15)21(24)22(18)16-9-11-17(25-2)12-10-16/h4-14,18,20H,3H2,1-2H3/b14-13+/t18-,20+/m0/s1. The number of hydrogen-bond donors (Lipinski definition) is 0. The fraction of sp³-hybridized carbons (Fsp3) is 0.238. The predicted octanol–water partition coefficient (Wildman–Crippen LogP) is 3.31. The van der Waals surface area contributed by atoms with Gasteiger partial charge in [0.05, 0.1) is 25.7 Å². The summed E-state index contributed by atoms with van der Waals surface area (Å²) < 4.78 is 10.1. The van der Waals surface area contributed by atoms with Crippen LogP contribution in [0.25, 0.3) is 0 Å². The first-order valence-corrected chi connectivity index (χ1v) is 8.52. The molecule has 0 N–H and O–H groups in total. The molecule has 0 aliphatic carbocycles. The fourth-order valence-corrected chi connectivity index (χ4v) is 3.12. The Hall–Kier alpha value is -3.08. The van der Waals surface area contributed by atoms with Crippen molar-refractivity contribution < 1.29 is 19.1 Å². The Morgan fingerprint density at radius 3 is 2.42 bits per heavy atom. The van der Waals surface area contributed by atoms with E-state index in [0.717, 1.165) is 17.0 Å². The van der Waals surface area contributed by atoms with Gasteiger partial charge in [-0.05, 0) is 36.8 Å². The highest BCUT2D eigenvalue weighted by Crippen LogP contribution is 2.40. The third kappa shape index (κ3) is 3.47. The number of anilines is 1. The van der Waals surface area contributed by atoms with E-state index >= 15 is 0 Å². The number of esters is 1. The van der Waals surface area contributed by atoms with Crippen LogP contribution in [0.4, 0.5) is 5.69 Å². The molecule has 0 spiro atoms. The summed E-state index contributed by atoms with van der Waals surface area (Å²) in [6.07, 6.45) is 3.13. The summed E-state index contributed by atoms with van der Waals surface area (Å²) >= 11 is 0. The molecule has 0 bridgehead atoms. The molecule has 1 aliphatic heterocycles. The molecule has 1 fully saturated rings. The van der Waals surface area contributed by atoms with Crippen molar-refractivity contribution in [1.82, 2.24) is 0 Å². The van der Waals surface area contributed by atoms with Gasteiger partial charge < -0.3 is 14.4 Å². The molecular weight excluding hydrogens is 330 g/mol. The van der Waals surface area contributed by atoms with Gasteiger partial charge in [-0.25, -0.2) is 4.79 Å². The Kier molecular flexibility index (Phi) is 5.37. The quantitative estimate of drug-likeness (QED) is 0.455. The topological polar surface area (TPSA) is 55.8 Å². The number of hydrogen-bond acceptors (Lipinski definition) is 4. The molecular formula is C21H21NO4. The zero-order valence-corrected chi connectivity index (χ0v) is 14.8. The Morgan fingerprint density at radius 2 is 1.81 bits per heavy atom.